The molecular weight excluding hydrogens is 505 g/mol. The van der Waals surface area contributed by atoms with Crippen molar-refractivity contribution in [1.29, 1.82) is 0 Å². The van der Waals surface area contributed by atoms with E-state index in [0.29, 0.717) is 42.2 Å². The Bertz CT molecular complexity index is 1440. The molecule has 2 amide bonds. The highest BCUT2D eigenvalue weighted by Crippen LogP contribution is 2.32. The van der Waals surface area contributed by atoms with Crippen LogP contribution in [0.25, 0.3) is 5.65 Å². The molecule has 5 rings (SSSR count). The minimum atomic E-state index is -4.55. The molecule has 1 saturated heterocycles. The quantitative estimate of drug-likeness (QED) is 0.361. The molecule has 1 N–H and O–H groups in total. The number of imidazole rings is 1. The molecular formula is C26H23F3N4O3S. The fourth-order valence-electron chi connectivity index (χ4n) is 4.57. The molecule has 0 saturated carbocycles. The number of rotatable bonds is 5. The topological polar surface area (TPSA) is 75.9 Å². The number of methoxy groups -OCH3 is 1. The largest absolute Gasteiger partial charge is 0.495 e. The summed E-state index contributed by atoms with van der Waals surface area (Å²) in [5, 5.41) is 4.67. The zero-order valence-corrected chi connectivity index (χ0v) is 20.6. The summed E-state index contributed by atoms with van der Waals surface area (Å²) in [5.41, 5.74) is 0.975. The summed E-state index contributed by atoms with van der Waals surface area (Å²) in [5.74, 6) is 0.145. The predicted molar refractivity (Wildman–Crippen MR) is 133 cm³/mol. The number of amides is 2. The molecule has 1 aromatic carbocycles. The first-order chi connectivity index (χ1) is 17.7. The highest BCUT2D eigenvalue weighted by molar-refractivity contribution is 7.12. The monoisotopic (exact) mass is 528 g/mol. The van der Waals surface area contributed by atoms with Crippen LogP contribution in [0.5, 0.6) is 5.75 Å². The number of piperidine rings is 1. The smallest absolute Gasteiger partial charge is 0.431 e. The normalized spacial score (nSPS) is 14.6. The number of carbonyl (C=O) groups is 2. The van der Waals surface area contributed by atoms with Crippen LogP contribution in [0.15, 0.2) is 60.1 Å². The Balaban J connectivity index is 1.21. The third-order valence-electron chi connectivity index (χ3n) is 6.48. The number of carbonyl (C=O) groups excluding carboxylic acids is 2. The number of alkyl halides is 3. The summed E-state index contributed by atoms with van der Waals surface area (Å²) >= 11 is 1.31. The van der Waals surface area contributed by atoms with E-state index < -0.39 is 11.9 Å². The van der Waals surface area contributed by atoms with Gasteiger partial charge in [-0.25, -0.2) is 4.98 Å². The van der Waals surface area contributed by atoms with E-state index >= 15 is 0 Å². The molecule has 0 spiro atoms. The van der Waals surface area contributed by atoms with Gasteiger partial charge in [0.2, 0.25) is 0 Å². The number of hydrogen-bond acceptors (Lipinski definition) is 5. The molecule has 0 unspecified atom stereocenters. The molecule has 4 heterocycles. The van der Waals surface area contributed by atoms with E-state index in [-0.39, 0.29) is 29.1 Å². The van der Waals surface area contributed by atoms with Crippen LogP contribution in [0.2, 0.25) is 0 Å². The Morgan fingerprint density at radius 2 is 1.81 bits per heavy atom. The van der Waals surface area contributed by atoms with Gasteiger partial charge in [-0.3, -0.25) is 14.0 Å². The van der Waals surface area contributed by atoms with Crippen molar-refractivity contribution in [3.8, 4) is 5.75 Å². The van der Waals surface area contributed by atoms with Gasteiger partial charge in [-0.15, -0.1) is 11.3 Å². The second-order valence-electron chi connectivity index (χ2n) is 8.72. The lowest BCUT2D eigenvalue weighted by atomic mass is 9.89. The molecule has 7 nitrogen and oxygen atoms in total. The van der Waals surface area contributed by atoms with Gasteiger partial charge in [0.15, 0.2) is 0 Å². The highest BCUT2D eigenvalue weighted by atomic mass is 32.1. The van der Waals surface area contributed by atoms with Crippen molar-refractivity contribution in [3.05, 3.63) is 81.9 Å². The lowest BCUT2D eigenvalue weighted by molar-refractivity contribution is -0.142. The van der Waals surface area contributed by atoms with Crippen molar-refractivity contribution in [2.24, 2.45) is 0 Å². The number of ether oxygens (including phenoxy) is 1. The van der Waals surface area contributed by atoms with E-state index in [1.54, 1.807) is 16.3 Å². The number of pyridine rings is 1. The average Bonchev–Trinajstić information content (AvgIpc) is 3.55. The number of nitrogens with zero attached hydrogens (tertiary/aromatic N) is 3. The second kappa shape index (κ2) is 9.89. The molecule has 0 aliphatic carbocycles. The van der Waals surface area contributed by atoms with Crippen LogP contribution >= 0.6 is 11.3 Å². The maximum atomic E-state index is 13.3. The second-order valence-corrected chi connectivity index (χ2v) is 9.64. The number of nitrogens with one attached hydrogen (secondary N) is 1. The molecule has 1 fully saturated rings. The predicted octanol–water partition coefficient (Wildman–Crippen LogP) is 5.70. The summed E-state index contributed by atoms with van der Waals surface area (Å²) in [7, 11) is 1.52. The van der Waals surface area contributed by atoms with Crippen LogP contribution in [0.3, 0.4) is 0 Å². The number of likely N-dealkylation sites (tertiary alicyclic amines) is 1. The van der Waals surface area contributed by atoms with E-state index in [4.69, 9.17) is 4.74 Å². The minimum Gasteiger partial charge on any atom is -0.495 e. The van der Waals surface area contributed by atoms with Gasteiger partial charge in [-0.2, -0.15) is 13.2 Å². The van der Waals surface area contributed by atoms with Crippen LogP contribution in [0.4, 0.5) is 18.9 Å². The Hall–Kier alpha value is -3.86. The number of benzene rings is 1. The summed E-state index contributed by atoms with van der Waals surface area (Å²) < 4.78 is 46.0. The van der Waals surface area contributed by atoms with Crippen molar-refractivity contribution < 1.29 is 27.5 Å². The number of fused-ring (bicyclic) bond motifs is 1. The Morgan fingerprint density at radius 1 is 1.08 bits per heavy atom. The number of hydrogen-bond donors (Lipinski definition) is 1. The Labute approximate surface area is 214 Å². The van der Waals surface area contributed by atoms with E-state index in [9.17, 15) is 22.8 Å². The zero-order valence-electron chi connectivity index (χ0n) is 19.8. The highest BCUT2D eigenvalue weighted by Gasteiger charge is 2.34. The maximum Gasteiger partial charge on any atom is 0.431 e. The first kappa shape index (κ1) is 24.8. The number of aromatic nitrogens is 2. The first-order valence-corrected chi connectivity index (χ1v) is 12.5. The van der Waals surface area contributed by atoms with Crippen molar-refractivity contribution in [1.82, 2.24) is 14.3 Å². The van der Waals surface area contributed by atoms with Gasteiger partial charge in [-0.1, -0.05) is 18.2 Å². The van der Waals surface area contributed by atoms with E-state index in [2.05, 4.69) is 10.3 Å². The van der Waals surface area contributed by atoms with Crippen molar-refractivity contribution in [2.45, 2.75) is 24.9 Å². The Kier molecular flexibility index (Phi) is 6.63. The minimum absolute atomic E-state index is 0.00221. The Morgan fingerprint density at radius 3 is 2.49 bits per heavy atom. The third-order valence-corrected chi connectivity index (χ3v) is 7.37. The van der Waals surface area contributed by atoms with Crippen LogP contribution in [0.1, 0.15) is 50.2 Å². The molecule has 192 valence electrons. The van der Waals surface area contributed by atoms with Gasteiger partial charge >= 0.3 is 6.18 Å². The van der Waals surface area contributed by atoms with Gasteiger partial charge in [0.25, 0.3) is 11.8 Å². The fraction of sp³-hybridized carbons (Fsp3) is 0.269. The molecule has 0 radical (unpaired) electrons. The standard InChI is InChI=1S/C26H23F3N4O3S/c1-36-20-11-14-37-23(20)24(34)30-18-7-5-16(6-8-18)17-9-12-32(13-10-17)25(35)19-15-33-21(26(27,28)29)3-2-4-22(33)31-19/h2-8,11,14-15,17H,9-10,12-13H2,1H3,(H,30,34). The molecule has 3 aromatic heterocycles. The van der Waals surface area contributed by atoms with Crippen molar-refractivity contribution in [3.63, 3.8) is 0 Å². The lowest BCUT2D eigenvalue weighted by Gasteiger charge is -2.32. The van der Waals surface area contributed by atoms with Crippen molar-refractivity contribution >= 4 is 34.5 Å². The van der Waals surface area contributed by atoms with E-state index in [1.807, 2.05) is 24.3 Å². The number of anilines is 1. The van der Waals surface area contributed by atoms with Gasteiger partial charge in [0.1, 0.15) is 27.7 Å². The van der Waals surface area contributed by atoms with Crippen LogP contribution in [-0.2, 0) is 6.18 Å². The first-order valence-electron chi connectivity index (χ1n) is 11.6. The van der Waals surface area contributed by atoms with Gasteiger partial charge < -0.3 is 15.0 Å². The molecule has 4 aromatic rings. The van der Waals surface area contributed by atoms with E-state index in [1.165, 1.54) is 30.6 Å². The molecule has 1 aliphatic heterocycles. The van der Waals surface area contributed by atoms with E-state index in [0.717, 1.165) is 22.2 Å². The van der Waals surface area contributed by atoms with Crippen LogP contribution in [-0.4, -0.2) is 46.3 Å². The summed E-state index contributed by atoms with van der Waals surface area (Å²) in [6.07, 6.45) is -1.96. The van der Waals surface area contributed by atoms with Crippen LogP contribution < -0.4 is 10.1 Å². The molecule has 0 atom stereocenters. The third kappa shape index (κ3) is 5.04. The number of halogens is 3. The molecule has 11 heteroatoms. The summed E-state index contributed by atoms with van der Waals surface area (Å²) in [6, 6.07) is 13.1. The molecule has 0 bridgehead atoms. The van der Waals surface area contributed by atoms with Gasteiger partial charge in [0, 0.05) is 25.0 Å². The van der Waals surface area contributed by atoms with Crippen LogP contribution in [0, 0.1) is 0 Å². The lowest BCUT2D eigenvalue weighted by Crippen LogP contribution is -2.38. The van der Waals surface area contributed by atoms with Gasteiger partial charge in [-0.05, 0) is 60.0 Å². The zero-order chi connectivity index (χ0) is 26.2. The summed E-state index contributed by atoms with van der Waals surface area (Å²) in [6.45, 7) is 0.945. The molecule has 37 heavy (non-hydrogen) atoms. The summed E-state index contributed by atoms with van der Waals surface area (Å²) in [4.78, 5) is 31.8. The van der Waals surface area contributed by atoms with Gasteiger partial charge in [0.05, 0.1) is 7.11 Å². The number of thiophene rings is 1. The average molecular weight is 529 g/mol. The maximum absolute atomic E-state index is 13.3. The SMILES string of the molecule is COc1ccsc1C(=O)Nc1ccc(C2CCN(C(=O)c3cn4c(C(F)(F)F)cccc4n3)CC2)cc1. The van der Waals surface area contributed by atoms with Crippen molar-refractivity contribution in [2.75, 3.05) is 25.5 Å². The molecule has 1 aliphatic rings. The fourth-order valence-corrected chi connectivity index (χ4v) is 5.33.